The predicted molar refractivity (Wildman–Crippen MR) is 70.1 cm³/mol. The molecule has 0 fully saturated rings. The number of halogens is 4. The first-order chi connectivity index (χ1) is 9.38. The normalized spacial score (nSPS) is 10.4. The summed E-state index contributed by atoms with van der Waals surface area (Å²) in [6, 6.07) is 4.98. The fraction of sp³-hybridized carbons (Fsp3) is 0. The van der Waals surface area contributed by atoms with Crippen LogP contribution >= 0.6 is 11.6 Å². The molecule has 0 bridgehead atoms. The Bertz CT molecular complexity index is 692. The van der Waals surface area contributed by atoms with E-state index in [0.29, 0.717) is 12.1 Å². The van der Waals surface area contributed by atoms with Gasteiger partial charge in [-0.3, -0.25) is 4.79 Å². The number of amides is 1. The van der Waals surface area contributed by atoms with Crippen LogP contribution in [0.5, 0.6) is 0 Å². The van der Waals surface area contributed by atoms with Crippen molar-refractivity contribution in [3.05, 3.63) is 58.4 Å². The molecule has 7 heteroatoms. The van der Waals surface area contributed by atoms with Crippen LogP contribution in [-0.4, -0.2) is 5.91 Å². The van der Waals surface area contributed by atoms with Crippen LogP contribution in [-0.2, 0) is 0 Å². The summed E-state index contributed by atoms with van der Waals surface area (Å²) in [5, 5.41) is 2.21. The summed E-state index contributed by atoms with van der Waals surface area (Å²) in [5.74, 6) is -3.87. The molecule has 0 aliphatic rings. The Morgan fingerprint density at radius 1 is 1.05 bits per heavy atom. The van der Waals surface area contributed by atoms with E-state index in [9.17, 15) is 18.0 Å². The van der Waals surface area contributed by atoms with Gasteiger partial charge >= 0.3 is 0 Å². The smallest absolute Gasteiger partial charge is 0.257 e. The Morgan fingerprint density at radius 3 is 2.35 bits per heavy atom. The van der Waals surface area contributed by atoms with Crippen molar-refractivity contribution in [3.63, 3.8) is 0 Å². The van der Waals surface area contributed by atoms with Gasteiger partial charge in [0.15, 0.2) is 11.6 Å². The zero-order valence-corrected chi connectivity index (χ0v) is 10.6. The zero-order chi connectivity index (χ0) is 14.9. The molecule has 0 heterocycles. The highest BCUT2D eigenvalue weighted by molar-refractivity contribution is 6.30. The standard InChI is InChI=1S/C13H8ClF3N2O/c14-8-2-1-6(3-9(8)15)19-13(20)7-4-10(16)11(17)5-12(7)18/h1-5H,18H2,(H,19,20). The van der Waals surface area contributed by atoms with Gasteiger partial charge in [-0.05, 0) is 24.3 Å². The highest BCUT2D eigenvalue weighted by Crippen LogP contribution is 2.21. The molecule has 2 rings (SSSR count). The van der Waals surface area contributed by atoms with Crippen LogP contribution in [0.3, 0.4) is 0 Å². The number of rotatable bonds is 2. The SMILES string of the molecule is Nc1cc(F)c(F)cc1C(=O)Nc1ccc(Cl)c(F)c1. The first-order valence-corrected chi connectivity index (χ1v) is 5.77. The molecule has 2 aromatic rings. The summed E-state index contributed by atoms with van der Waals surface area (Å²) >= 11 is 5.50. The lowest BCUT2D eigenvalue weighted by atomic mass is 10.1. The van der Waals surface area contributed by atoms with Gasteiger partial charge in [0.05, 0.1) is 10.6 Å². The number of nitrogens with two attached hydrogens (primary N) is 1. The van der Waals surface area contributed by atoms with Gasteiger partial charge in [-0.25, -0.2) is 13.2 Å². The van der Waals surface area contributed by atoms with Gasteiger partial charge in [-0.1, -0.05) is 11.6 Å². The average molecular weight is 301 g/mol. The van der Waals surface area contributed by atoms with E-state index in [1.54, 1.807) is 0 Å². The van der Waals surface area contributed by atoms with E-state index >= 15 is 0 Å². The van der Waals surface area contributed by atoms with Crippen LogP contribution in [0.15, 0.2) is 30.3 Å². The van der Waals surface area contributed by atoms with Gasteiger partial charge in [-0.2, -0.15) is 0 Å². The molecular formula is C13H8ClF3N2O. The lowest BCUT2D eigenvalue weighted by molar-refractivity contribution is 0.102. The minimum atomic E-state index is -1.20. The maximum absolute atomic E-state index is 13.2. The molecular weight excluding hydrogens is 293 g/mol. The van der Waals surface area contributed by atoms with E-state index in [-0.39, 0.29) is 22.0 Å². The number of hydrogen-bond acceptors (Lipinski definition) is 2. The molecule has 20 heavy (non-hydrogen) atoms. The molecule has 0 atom stereocenters. The van der Waals surface area contributed by atoms with Crippen LogP contribution in [0.25, 0.3) is 0 Å². The van der Waals surface area contributed by atoms with Gasteiger partial charge in [0, 0.05) is 17.4 Å². The van der Waals surface area contributed by atoms with Crippen molar-refractivity contribution in [2.45, 2.75) is 0 Å². The average Bonchev–Trinajstić information content (AvgIpc) is 2.38. The van der Waals surface area contributed by atoms with Crippen molar-refractivity contribution in [2.75, 3.05) is 11.1 Å². The number of anilines is 2. The predicted octanol–water partition coefficient (Wildman–Crippen LogP) is 3.59. The minimum Gasteiger partial charge on any atom is -0.398 e. The fourth-order valence-electron chi connectivity index (χ4n) is 1.53. The van der Waals surface area contributed by atoms with Crippen LogP contribution in [0, 0.1) is 17.5 Å². The molecule has 1 amide bonds. The summed E-state index contributed by atoms with van der Waals surface area (Å²) in [6.45, 7) is 0. The maximum atomic E-state index is 13.2. The summed E-state index contributed by atoms with van der Waals surface area (Å²) in [4.78, 5) is 11.9. The van der Waals surface area contributed by atoms with Crippen molar-refractivity contribution in [1.82, 2.24) is 0 Å². The van der Waals surface area contributed by atoms with E-state index in [4.69, 9.17) is 17.3 Å². The molecule has 0 aromatic heterocycles. The number of carbonyl (C=O) groups excluding carboxylic acids is 1. The molecule has 0 spiro atoms. The molecule has 0 saturated heterocycles. The van der Waals surface area contributed by atoms with E-state index in [1.807, 2.05) is 0 Å². The molecule has 0 radical (unpaired) electrons. The zero-order valence-electron chi connectivity index (χ0n) is 9.88. The van der Waals surface area contributed by atoms with Gasteiger partial charge in [0.2, 0.25) is 0 Å². The second-order valence-electron chi connectivity index (χ2n) is 3.94. The van der Waals surface area contributed by atoms with Crippen LogP contribution in [0.1, 0.15) is 10.4 Å². The number of nitrogen functional groups attached to an aromatic ring is 1. The Hall–Kier alpha value is -2.21. The van der Waals surface area contributed by atoms with Crippen molar-refractivity contribution in [2.24, 2.45) is 0 Å². The summed E-state index contributed by atoms with van der Waals surface area (Å²) in [7, 11) is 0. The van der Waals surface area contributed by atoms with Crippen LogP contribution < -0.4 is 11.1 Å². The largest absolute Gasteiger partial charge is 0.398 e. The quantitative estimate of drug-likeness (QED) is 0.833. The fourth-order valence-corrected chi connectivity index (χ4v) is 1.65. The maximum Gasteiger partial charge on any atom is 0.257 e. The van der Waals surface area contributed by atoms with E-state index in [0.717, 1.165) is 6.07 Å². The van der Waals surface area contributed by atoms with E-state index in [2.05, 4.69) is 5.32 Å². The molecule has 2 aromatic carbocycles. The Balaban J connectivity index is 2.28. The van der Waals surface area contributed by atoms with Gasteiger partial charge in [-0.15, -0.1) is 0 Å². The summed E-state index contributed by atoms with van der Waals surface area (Å²) < 4.78 is 39.2. The third kappa shape index (κ3) is 2.85. The first-order valence-electron chi connectivity index (χ1n) is 5.39. The topological polar surface area (TPSA) is 55.1 Å². The van der Waals surface area contributed by atoms with Gasteiger partial charge in [0.1, 0.15) is 5.82 Å². The Labute approximate surface area is 117 Å². The number of benzene rings is 2. The van der Waals surface area contributed by atoms with Gasteiger partial charge in [0.25, 0.3) is 5.91 Å². The Morgan fingerprint density at radius 2 is 1.70 bits per heavy atom. The molecule has 0 unspecified atom stereocenters. The van der Waals surface area contributed by atoms with Crippen molar-refractivity contribution < 1.29 is 18.0 Å². The van der Waals surface area contributed by atoms with Crippen LogP contribution in [0.2, 0.25) is 5.02 Å². The number of carbonyl (C=O) groups is 1. The number of hydrogen-bond donors (Lipinski definition) is 2. The van der Waals surface area contributed by atoms with Crippen molar-refractivity contribution in [1.29, 1.82) is 0 Å². The van der Waals surface area contributed by atoms with Crippen molar-refractivity contribution in [3.8, 4) is 0 Å². The highest BCUT2D eigenvalue weighted by atomic mass is 35.5. The van der Waals surface area contributed by atoms with E-state index in [1.165, 1.54) is 12.1 Å². The molecule has 3 N–H and O–H groups in total. The Kier molecular flexibility index (Phi) is 3.85. The molecule has 0 saturated carbocycles. The molecule has 3 nitrogen and oxygen atoms in total. The molecule has 104 valence electrons. The monoisotopic (exact) mass is 300 g/mol. The van der Waals surface area contributed by atoms with Crippen LogP contribution in [0.4, 0.5) is 24.5 Å². The third-order valence-corrected chi connectivity index (χ3v) is 2.82. The van der Waals surface area contributed by atoms with E-state index < -0.39 is 23.4 Å². The third-order valence-electron chi connectivity index (χ3n) is 2.51. The lowest BCUT2D eigenvalue weighted by Gasteiger charge is -2.08. The summed E-state index contributed by atoms with van der Waals surface area (Å²) in [5.41, 5.74) is 5.07. The summed E-state index contributed by atoms with van der Waals surface area (Å²) in [6.07, 6.45) is 0. The van der Waals surface area contributed by atoms with Gasteiger partial charge < -0.3 is 11.1 Å². The van der Waals surface area contributed by atoms with Crippen molar-refractivity contribution >= 4 is 28.9 Å². The lowest BCUT2D eigenvalue weighted by Crippen LogP contribution is -2.15. The minimum absolute atomic E-state index is 0.102. The molecule has 0 aliphatic heterocycles. The number of nitrogens with one attached hydrogen (secondary N) is 1. The highest BCUT2D eigenvalue weighted by Gasteiger charge is 2.15. The first kappa shape index (κ1) is 14.2. The molecule has 0 aliphatic carbocycles. The second-order valence-corrected chi connectivity index (χ2v) is 4.34. The second kappa shape index (κ2) is 5.42.